The van der Waals surface area contributed by atoms with Gasteiger partial charge in [-0.1, -0.05) is 26.0 Å². The van der Waals surface area contributed by atoms with Crippen molar-refractivity contribution in [1.82, 2.24) is 24.7 Å². The van der Waals surface area contributed by atoms with Crippen LogP contribution in [0.25, 0.3) is 10.9 Å². The van der Waals surface area contributed by atoms with Crippen LogP contribution in [0.5, 0.6) is 0 Å². The van der Waals surface area contributed by atoms with Gasteiger partial charge in [-0.2, -0.15) is 0 Å². The number of hydrogen-bond donors (Lipinski definition) is 1. The predicted molar refractivity (Wildman–Crippen MR) is 123 cm³/mol. The van der Waals surface area contributed by atoms with Crippen LogP contribution < -0.4 is 5.56 Å². The van der Waals surface area contributed by atoms with Crippen LogP contribution in [0.4, 0.5) is 0 Å². The molecule has 2 aliphatic heterocycles. The smallest absolute Gasteiger partial charge is 0.258 e. The van der Waals surface area contributed by atoms with Crippen LogP contribution in [-0.4, -0.2) is 82.3 Å². The van der Waals surface area contributed by atoms with Gasteiger partial charge in [-0.25, -0.2) is 4.98 Å². The third kappa shape index (κ3) is 5.35. The Balaban J connectivity index is 1.24. The molecule has 1 aromatic carbocycles. The Labute approximate surface area is 188 Å². The Kier molecular flexibility index (Phi) is 6.89. The summed E-state index contributed by atoms with van der Waals surface area (Å²) in [5, 5.41) is 0.557. The van der Waals surface area contributed by atoms with E-state index < -0.39 is 0 Å². The molecule has 0 aliphatic carbocycles. The molecule has 0 spiro atoms. The van der Waals surface area contributed by atoms with Crippen LogP contribution in [0.3, 0.4) is 0 Å². The molecule has 172 valence electrons. The van der Waals surface area contributed by atoms with Crippen LogP contribution >= 0.6 is 0 Å². The molecule has 4 rings (SSSR count). The molecule has 2 saturated heterocycles. The van der Waals surface area contributed by atoms with Gasteiger partial charge in [-0.15, -0.1) is 0 Å². The summed E-state index contributed by atoms with van der Waals surface area (Å²) in [7, 11) is 0. The zero-order chi connectivity index (χ0) is 22.7. The van der Waals surface area contributed by atoms with Crippen LogP contribution in [0, 0.1) is 11.8 Å². The zero-order valence-electron chi connectivity index (χ0n) is 19.0. The van der Waals surface area contributed by atoms with E-state index in [2.05, 4.69) is 28.7 Å². The van der Waals surface area contributed by atoms with Crippen molar-refractivity contribution in [3.05, 3.63) is 40.4 Å². The standard InChI is InChI=1S/C24H33N5O3/c1-17-13-18(2)15-29(14-17)23(31)16-27-9-11-28(12-10-27)22(30)8-7-21-25-20-6-4-3-5-19(20)24(32)26-21/h3-6,17-18H,7-16H2,1-2H3,(H,25,26,32). The van der Waals surface area contributed by atoms with E-state index in [0.29, 0.717) is 74.1 Å². The summed E-state index contributed by atoms with van der Waals surface area (Å²) >= 11 is 0. The number of hydrogen-bond acceptors (Lipinski definition) is 5. The Morgan fingerprint density at radius 1 is 1.00 bits per heavy atom. The summed E-state index contributed by atoms with van der Waals surface area (Å²) in [6, 6.07) is 7.21. The summed E-state index contributed by atoms with van der Waals surface area (Å²) in [6.07, 6.45) is 1.90. The second kappa shape index (κ2) is 9.81. The minimum absolute atomic E-state index is 0.0606. The first-order valence-corrected chi connectivity index (χ1v) is 11.6. The fourth-order valence-electron chi connectivity index (χ4n) is 4.95. The van der Waals surface area contributed by atoms with Crippen molar-refractivity contribution in [3.8, 4) is 0 Å². The number of benzene rings is 1. The molecule has 0 radical (unpaired) electrons. The number of piperidine rings is 1. The third-order valence-corrected chi connectivity index (χ3v) is 6.54. The van der Waals surface area contributed by atoms with Crippen molar-refractivity contribution in [2.75, 3.05) is 45.8 Å². The second-order valence-electron chi connectivity index (χ2n) is 9.43. The second-order valence-corrected chi connectivity index (χ2v) is 9.43. The number of amides is 2. The number of H-pyrrole nitrogens is 1. The number of aromatic amines is 1. The number of nitrogens with one attached hydrogen (secondary N) is 1. The number of nitrogens with zero attached hydrogens (tertiary/aromatic N) is 4. The number of piperazine rings is 1. The summed E-state index contributed by atoms with van der Waals surface area (Å²) in [5.74, 6) is 1.92. The highest BCUT2D eigenvalue weighted by atomic mass is 16.2. The number of para-hydroxylation sites is 1. The van der Waals surface area contributed by atoms with E-state index in [4.69, 9.17) is 0 Å². The van der Waals surface area contributed by atoms with Crippen LogP contribution in [0.15, 0.2) is 29.1 Å². The lowest BCUT2D eigenvalue weighted by Gasteiger charge is -2.38. The number of aromatic nitrogens is 2. The fraction of sp³-hybridized carbons (Fsp3) is 0.583. The van der Waals surface area contributed by atoms with E-state index in [1.807, 2.05) is 28.0 Å². The number of fused-ring (bicyclic) bond motifs is 1. The monoisotopic (exact) mass is 439 g/mol. The summed E-state index contributed by atoms with van der Waals surface area (Å²) < 4.78 is 0. The average molecular weight is 440 g/mol. The zero-order valence-corrected chi connectivity index (χ0v) is 19.0. The number of carbonyl (C=O) groups excluding carboxylic acids is 2. The lowest BCUT2D eigenvalue weighted by Crippen LogP contribution is -2.53. The average Bonchev–Trinajstić information content (AvgIpc) is 2.77. The minimum Gasteiger partial charge on any atom is -0.341 e. The highest BCUT2D eigenvalue weighted by molar-refractivity contribution is 5.79. The first-order valence-electron chi connectivity index (χ1n) is 11.6. The fourth-order valence-corrected chi connectivity index (χ4v) is 4.95. The van der Waals surface area contributed by atoms with Gasteiger partial charge in [-0.05, 0) is 30.4 Å². The van der Waals surface area contributed by atoms with Crippen molar-refractivity contribution < 1.29 is 9.59 Å². The first-order chi connectivity index (χ1) is 15.4. The maximum atomic E-state index is 12.7. The molecule has 8 heteroatoms. The number of carbonyl (C=O) groups is 2. The minimum atomic E-state index is -0.172. The molecule has 2 amide bonds. The van der Waals surface area contributed by atoms with E-state index >= 15 is 0 Å². The van der Waals surface area contributed by atoms with E-state index in [9.17, 15) is 14.4 Å². The molecule has 2 atom stereocenters. The number of likely N-dealkylation sites (tertiary alicyclic amines) is 1. The molecule has 2 aromatic rings. The van der Waals surface area contributed by atoms with E-state index in [1.54, 1.807) is 6.07 Å². The van der Waals surface area contributed by atoms with Gasteiger partial charge in [0.15, 0.2) is 0 Å². The normalized spacial score (nSPS) is 22.3. The summed E-state index contributed by atoms with van der Waals surface area (Å²) in [5.41, 5.74) is 0.475. The van der Waals surface area contributed by atoms with Crippen molar-refractivity contribution in [2.45, 2.75) is 33.1 Å². The van der Waals surface area contributed by atoms with Crippen molar-refractivity contribution in [2.24, 2.45) is 11.8 Å². The molecule has 1 N–H and O–H groups in total. The number of rotatable bonds is 5. The lowest BCUT2D eigenvalue weighted by atomic mass is 9.92. The summed E-state index contributed by atoms with van der Waals surface area (Å²) in [6.45, 7) is 9.24. The van der Waals surface area contributed by atoms with Crippen LogP contribution in [0.2, 0.25) is 0 Å². The maximum absolute atomic E-state index is 12.7. The van der Waals surface area contributed by atoms with Gasteiger partial charge >= 0.3 is 0 Å². The molecule has 0 saturated carbocycles. The molecule has 32 heavy (non-hydrogen) atoms. The van der Waals surface area contributed by atoms with Gasteiger partial charge < -0.3 is 14.8 Å². The topological polar surface area (TPSA) is 89.6 Å². The molecule has 2 unspecified atom stereocenters. The van der Waals surface area contributed by atoms with Crippen molar-refractivity contribution >= 4 is 22.7 Å². The van der Waals surface area contributed by atoms with Crippen molar-refractivity contribution in [3.63, 3.8) is 0 Å². The Bertz CT molecular complexity index is 1020. The molecule has 3 heterocycles. The quantitative estimate of drug-likeness (QED) is 0.763. The van der Waals surface area contributed by atoms with Gasteiger partial charge in [0.1, 0.15) is 5.82 Å². The van der Waals surface area contributed by atoms with Gasteiger partial charge in [-0.3, -0.25) is 19.3 Å². The van der Waals surface area contributed by atoms with Gasteiger partial charge in [0.25, 0.3) is 5.56 Å². The SMILES string of the molecule is CC1CC(C)CN(C(=O)CN2CCN(C(=O)CCc3nc4ccccc4c(=O)[nH]3)CC2)C1. The maximum Gasteiger partial charge on any atom is 0.258 e. The Hall–Kier alpha value is -2.74. The molecular weight excluding hydrogens is 406 g/mol. The van der Waals surface area contributed by atoms with Gasteiger partial charge in [0.05, 0.1) is 17.4 Å². The molecular formula is C24H33N5O3. The highest BCUT2D eigenvalue weighted by Gasteiger charge is 2.28. The van der Waals surface area contributed by atoms with E-state index in [0.717, 1.165) is 13.1 Å². The lowest BCUT2D eigenvalue weighted by molar-refractivity contribution is -0.136. The summed E-state index contributed by atoms with van der Waals surface area (Å²) in [4.78, 5) is 50.9. The Morgan fingerprint density at radius 2 is 1.69 bits per heavy atom. The predicted octanol–water partition coefficient (Wildman–Crippen LogP) is 1.50. The van der Waals surface area contributed by atoms with E-state index in [-0.39, 0.29) is 17.4 Å². The Morgan fingerprint density at radius 3 is 2.41 bits per heavy atom. The third-order valence-electron chi connectivity index (χ3n) is 6.54. The van der Waals surface area contributed by atoms with E-state index in [1.165, 1.54) is 6.42 Å². The van der Waals surface area contributed by atoms with Crippen LogP contribution in [0.1, 0.15) is 32.5 Å². The molecule has 1 aromatic heterocycles. The highest BCUT2D eigenvalue weighted by Crippen LogP contribution is 2.21. The molecule has 8 nitrogen and oxygen atoms in total. The molecule has 2 aliphatic rings. The first kappa shape index (κ1) is 22.5. The number of aryl methyl sites for hydroxylation is 1. The molecule has 0 bridgehead atoms. The van der Waals surface area contributed by atoms with Gasteiger partial charge in [0.2, 0.25) is 11.8 Å². The van der Waals surface area contributed by atoms with Crippen LogP contribution in [-0.2, 0) is 16.0 Å². The van der Waals surface area contributed by atoms with Gasteiger partial charge in [0, 0.05) is 52.1 Å². The molecule has 2 fully saturated rings. The van der Waals surface area contributed by atoms with Crippen molar-refractivity contribution in [1.29, 1.82) is 0 Å². The largest absolute Gasteiger partial charge is 0.341 e.